The molecule has 1 heterocycles. The topological polar surface area (TPSA) is 66.5 Å². The molecule has 0 saturated carbocycles. The summed E-state index contributed by atoms with van der Waals surface area (Å²) in [5, 5.41) is 2.80. The molecule has 6 heteroatoms. The number of unbranched alkanes of at least 4 members (excludes halogenated alkanes) is 1. The van der Waals surface area contributed by atoms with E-state index in [1.165, 1.54) is 29.2 Å². The van der Waals surface area contributed by atoms with Crippen LogP contribution in [0.25, 0.3) is 0 Å². The highest BCUT2D eigenvalue weighted by Crippen LogP contribution is 2.61. The van der Waals surface area contributed by atoms with Gasteiger partial charge in [-0.1, -0.05) is 68.3 Å². The second kappa shape index (κ2) is 8.70. The molecule has 1 saturated heterocycles. The Morgan fingerprint density at radius 2 is 1.31 bits per heavy atom. The predicted molar refractivity (Wildman–Crippen MR) is 134 cm³/mol. The summed E-state index contributed by atoms with van der Waals surface area (Å²) in [6.45, 7) is 2.01. The lowest BCUT2D eigenvalue weighted by molar-refractivity contribution is -0.147. The van der Waals surface area contributed by atoms with Crippen molar-refractivity contribution >= 4 is 23.4 Å². The van der Waals surface area contributed by atoms with Gasteiger partial charge < -0.3 is 5.32 Å². The molecule has 1 aliphatic heterocycles. The number of benzene rings is 3. The van der Waals surface area contributed by atoms with Crippen molar-refractivity contribution in [2.75, 3.05) is 5.32 Å². The van der Waals surface area contributed by atoms with E-state index in [4.69, 9.17) is 0 Å². The van der Waals surface area contributed by atoms with Crippen LogP contribution in [-0.2, 0) is 14.4 Å². The van der Waals surface area contributed by atoms with E-state index in [-0.39, 0.29) is 23.7 Å². The number of carbonyl (C=O) groups excluding carboxylic acids is 3. The SMILES string of the molecule is CCCC[C@@H](C(=O)Nc1ccc(F)cc1)N1C(=O)[C@@H]2C3c4ccccc4C(c4ccccc43)[C@@H]2C1=O. The zero-order valence-electron chi connectivity index (χ0n) is 20.0. The number of amides is 3. The van der Waals surface area contributed by atoms with Crippen LogP contribution >= 0.6 is 0 Å². The molecule has 1 fully saturated rings. The Bertz CT molecular complexity index is 1250. The zero-order valence-corrected chi connectivity index (χ0v) is 20.0. The number of nitrogens with one attached hydrogen (secondary N) is 1. The standard InChI is InChI=1S/C30H27FN2O3/c1-2-3-12-23(28(34)32-18-15-13-17(31)14-16-18)33-29(35)26-24-19-8-4-5-9-20(19)25(27(26)30(33)36)22-11-7-6-10-21(22)24/h4-11,13-16,23-27H,2-3,12H2,1H3,(H,32,34)/t23-,24?,25?,26-,27+/m0/s1. The predicted octanol–water partition coefficient (Wildman–Crippen LogP) is 5.22. The minimum atomic E-state index is -0.911. The van der Waals surface area contributed by atoms with Gasteiger partial charge in [0.2, 0.25) is 17.7 Å². The molecule has 36 heavy (non-hydrogen) atoms. The van der Waals surface area contributed by atoms with E-state index in [2.05, 4.69) is 29.6 Å². The number of rotatable bonds is 6. The number of halogens is 1. The summed E-state index contributed by atoms with van der Waals surface area (Å²) >= 11 is 0. The number of likely N-dealkylation sites (tertiary alicyclic amines) is 1. The molecule has 7 rings (SSSR count). The fourth-order valence-corrected chi connectivity index (χ4v) is 6.54. The normalized spacial score (nSPS) is 24.2. The van der Waals surface area contributed by atoms with Crippen molar-refractivity contribution in [3.8, 4) is 0 Å². The molecule has 1 N–H and O–H groups in total. The third-order valence-corrected chi connectivity index (χ3v) is 8.04. The van der Waals surface area contributed by atoms with Crippen LogP contribution in [0.5, 0.6) is 0 Å². The van der Waals surface area contributed by atoms with Crippen molar-refractivity contribution in [1.29, 1.82) is 0 Å². The van der Waals surface area contributed by atoms with Crippen LogP contribution in [0, 0.1) is 17.7 Å². The second-order valence-corrected chi connectivity index (χ2v) is 9.97. The summed E-state index contributed by atoms with van der Waals surface area (Å²) in [4.78, 5) is 42.8. The van der Waals surface area contributed by atoms with E-state index >= 15 is 0 Å². The van der Waals surface area contributed by atoms with Crippen LogP contribution in [0.1, 0.15) is 60.3 Å². The summed E-state index contributed by atoms with van der Waals surface area (Å²) in [5.41, 5.74) is 4.84. The average molecular weight is 483 g/mol. The zero-order chi connectivity index (χ0) is 25.0. The highest BCUT2D eigenvalue weighted by atomic mass is 19.1. The quantitative estimate of drug-likeness (QED) is 0.490. The first kappa shape index (κ1) is 22.7. The molecule has 0 aromatic heterocycles. The van der Waals surface area contributed by atoms with Crippen molar-refractivity contribution in [3.63, 3.8) is 0 Å². The molecule has 3 aromatic carbocycles. The van der Waals surface area contributed by atoms with Crippen LogP contribution in [0.4, 0.5) is 10.1 Å². The molecular weight excluding hydrogens is 455 g/mol. The van der Waals surface area contributed by atoms with E-state index in [0.717, 1.165) is 28.7 Å². The van der Waals surface area contributed by atoms with Gasteiger partial charge in [0.25, 0.3) is 0 Å². The molecule has 0 unspecified atom stereocenters. The van der Waals surface area contributed by atoms with Gasteiger partial charge in [0.05, 0.1) is 11.8 Å². The molecule has 4 aliphatic rings. The Labute approximate surface area is 209 Å². The van der Waals surface area contributed by atoms with E-state index in [1.54, 1.807) is 0 Å². The van der Waals surface area contributed by atoms with E-state index < -0.39 is 29.6 Å². The van der Waals surface area contributed by atoms with Crippen molar-refractivity contribution in [1.82, 2.24) is 4.90 Å². The first-order valence-electron chi connectivity index (χ1n) is 12.6. The molecule has 3 aliphatic carbocycles. The van der Waals surface area contributed by atoms with Gasteiger partial charge in [-0.15, -0.1) is 0 Å². The number of hydrogen-bond acceptors (Lipinski definition) is 3. The highest BCUT2D eigenvalue weighted by molar-refractivity contribution is 6.11. The van der Waals surface area contributed by atoms with Crippen molar-refractivity contribution in [2.45, 2.75) is 44.1 Å². The lowest BCUT2D eigenvalue weighted by Crippen LogP contribution is -2.48. The van der Waals surface area contributed by atoms with Gasteiger partial charge in [0, 0.05) is 17.5 Å². The smallest absolute Gasteiger partial charge is 0.247 e. The molecule has 5 nitrogen and oxygen atoms in total. The maximum absolute atomic E-state index is 14.0. The van der Waals surface area contributed by atoms with Gasteiger partial charge in [-0.05, 0) is 52.9 Å². The maximum atomic E-state index is 14.0. The fourth-order valence-electron chi connectivity index (χ4n) is 6.54. The number of imide groups is 1. The molecule has 3 amide bonds. The number of carbonyl (C=O) groups is 3. The van der Waals surface area contributed by atoms with Gasteiger partial charge in [0.1, 0.15) is 11.9 Å². The van der Waals surface area contributed by atoms with Gasteiger partial charge in [0.15, 0.2) is 0 Å². The lowest BCUT2D eigenvalue weighted by Gasteiger charge is -2.45. The molecule has 0 spiro atoms. The number of nitrogens with zero attached hydrogens (tertiary/aromatic N) is 1. The molecule has 3 atom stereocenters. The Morgan fingerprint density at radius 1 is 0.833 bits per heavy atom. The Morgan fingerprint density at radius 3 is 1.75 bits per heavy atom. The lowest BCUT2D eigenvalue weighted by atomic mass is 9.55. The monoisotopic (exact) mass is 482 g/mol. The van der Waals surface area contributed by atoms with Crippen molar-refractivity contribution in [2.24, 2.45) is 11.8 Å². The molecule has 182 valence electrons. The molecular formula is C30H27FN2O3. The first-order valence-corrected chi connectivity index (χ1v) is 12.6. The summed E-state index contributed by atoms with van der Waals surface area (Å²) < 4.78 is 13.4. The minimum Gasteiger partial charge on any atom is -0.324 e. The minimum absolute atomic E-state index is 0.208. The summed E-state index contributed by atoms with van der Waals surface area (Å²) in [7, 11) is 0. The van der Waals surface area contributed by atoms with Crippen LogP contribution in [0.3, 0.4) is 0 Å². The Balaban J connectivity index is 1.39. The van der Waals surface area contributed by atoms with Gasteiger partial charge in [-0.2, -0.15) is 0 Å². The molecule has 3 aromatic rings. The van der Waals surface area contributed by atoms with Gasteiger partial charge >= 0.3 is 0 Å². The average Bonchev–Trinajstić information content (AvgIpc) is 3.16. The van der Waals surface area contributed by atoms with E-state index in [0.29, 0.717) is 18.5 Å². The van der Waals surface area contributed by atoms with Crippen molar-refractivity contribution in [3.05, 3.63) is 101 Å². The van der Waals surface area contributed by atoms with Crippen LogP contribution in [0.15, 0.2) is 72.8 Å². The van der Waals surface area contributed by atoms with E-state index in [9.17, 15) is 18.8 Å². The highest BCUT2D eigenvalue weighted by Gasteiger charge is 2.62. The first-order chi connectivity index (χ1) is 17.5. The van der Waals surface area contributed by atoms with Crippen LogP contribution in [-0.4, -0.2) is 28.7 Å². The third kappa shape index (κ3) is 3.31. The van der Waals surface area contributed by atoms with Crippen LogP contribution in [0.2, 0.25) is 0 Å². The Kier molecular flexibility index (Phi) is 5.47. The van der Waals surface area contributed by atoms with Crippen LogP contribution < -0.4 is 5.32 Å². The third-order valence-electron chi connectivity index (χ3n) is 8.04. The summed E-state index contributed by atoms with van der Waals surface area (Å²) in [6.07, 6.45) is 1.91. The van der Waals surface area contributed by atoms with Gasteiger partial charge in [-0.3, -0.25) is 19.3 Å². The second-order valence-electron chi connectivity index (χ2n) is 9.97. The summed E-state index contributed by atoms with van der Waals surface area (Å²) in [6, 6.07) is 20.8. The molecule has 0 radical (unpaired) electrons. The summed E-state index contributed by atoms with van der Waals surface area (Å²) in [5.74, 6) is -2.80. The fraction of sp³-hybridized carbons (Fsp3) is 0.300. The number of hydrogen-bond donors (Lipinski definition) is 1. The van der Waals surface area contributed by atoms with Gasteiger partial charge in [-0.25, -0.2) is 4.39 Å². The Hall–Kier alpha value is -3.80. The van der Waals surface area contributed by atoms with Crippen molar-refractivity contribution < 1.29 is 18.8 Å². The molecule has 2 bridgehead atoms. The number of anilines is 1. The largest absolute Gasteiger partial charge is 0.324 e. The maximum Gasteiger partial charge on any atom is 0.247 e. The van der Waals surface area contributed by atoms with E-state index in [1.807, 2.05) is 31.2 Å².